The molecular formula is C11H13BrN2O3S. The van der Waals surface area contributed by atoms with E-state index in [1.807, 2.05) is 0 Å². The number of halogens is 1. The number of sulfonamides is 1. The van der Waals surface area contributed by atoms with Crippen LogP contribution in [0.1, 0.15) is 17.3 Å². The smallest absolute Gasteiger partial charge is 0.251 e. The number of carbonyl (C=O) groups is 1. The molecule has 1 amide bonds. The molecule has 0 fully saturated rings. The summed E-state index contributed by atoms with van der Waals surface area (Å²) in [7, 11) is -3.85. The van der Waals surface area contributed by atoms with E-state index in [0.29, 0.717) is 4.47 Å². The Bertz CT molecular complexity index is 584. The van der Waals surface area contributed by atoms with Gasteiger partial charge in [0.25, 0.3) is 5.91 Å². The maximum atomic E-state index is 11.8. The van der Waals surface area contributed by atoms with Gasteiger partial charge in [-0.3, -0.25) is 4.79 Å². The van der Waals surface area contributed by atoms with Crippen molar-refractivity contribution in [2.45, 2.75) is 17.9 Å². The third kappa shape index (κ3) is 3.94. The van der Waals surface area contributed by atoms with E-state index in [1.165, 1.54) is 18.2 Å². The van der Waals surface area contributed by atoms with Gasteiger partial charge in [0.2, 0.25) is 10.0 Å². The topological polar surface area (TPSA) is 89.3 Å². The average Bonchev–Trinajstić information content (AvgIpc) is 2.26. The molecule has 0 bridgehead atoms. The molecular weight excluding hydrogens is 320 g/mol. The van der Waals surface area contributed by atoms with Gasteiger partial charge in [0.15, 0.2) is 0 Å². The Morgan fingerprint density at radius 1 is 1.50 bits per heavy atom. The third-order valence-corrected chi connectivity index (χ3v) is 3.52. The molecule has 0 spiro atoms. The van der Waals surface area contributed by atoms with Crippen molar-refractivity contribution < 1.29 is 13.2 Å². The number of primary sulfonamides is 1. The molecule has 0 saturated heterocycles. The van der Waals surface area contributed by atoms with Crippen LogP contribution >= 0.6 is 15.9 Å². The van der Waals surface area contributed by atoms with Crippen LogP contribution in [-0.4, -0.2) is 20.4 Å². The summed E-state index contributed by atoms with van der Waals surface area (Å²) in [5, 5.41) is 7.66. The van der Waals surface area contributed by atoms with Crippen LogP contribution in [0.5, 0.6) is 0 Å². The van der Waals surface area contributed by atoms with Crippen molar-refractivity contribution in [3.05, 3.63) is 40.9 Å². The molecule has 0 heterocycles. The van der Waals surface area contributed by atoms with Crippen molar-refractivity contribution in [3.63, 3.8) is 0 Å². The van der Waals surface area contributed by atoms with E-state index in [2.05, 4.69) is 27.8 Å². The molecule has 1 rings (SSSR count). The molecule has 0 saturated carbocycles. The van der Waals surface area contributed by atoms with E-state index < -0.39 is 15.9 Å². The van der Waals surface area contributed by atoms with E-state index in [-0.39, 0.29) is 16.5 Å². The number of rotatable bonds is 4. The molecule has 1 unspecified atom stereocenters. The fraction of sp³-hybridized carbons (Fsp3) is 0.182. The van der Waals surface area contributed by atoms with Crippen LogP contribution in [0, 0.1) is 0 Å². The van der Waals surface area contributed by atoms with Crippen LogP contribution in [0.4, 0.5) is 0 Å². The van der Waals surface area contributed by atoms with E-state index in [4.69, 9.17) is 5.14 Å². The fourth-order valence-electron chi connectivity index (χ4n) is 1.21. The van der Waals surface area contributed by atoms with Crippen molar-refractivity contribution in [1.82, 2.24) is 5.32 Å². The first-order valence-electron chi connectivity index (χ1n) is 5.01. The normalized spacial score (nSPS) is 12.8. The molecule has 0 radical (unpaired) electrons. The standard InChI is InChI=1S/C11H13BrN2O3S/c1-3-7(2)14-11(15)8-4-9(12)6-10(5-8)18(13,16)17/h3-7H,1H2,2H3,(H,14,15)(H2,13,16,17). The van der Waals surface area contributed by atoms with Gasteiger partial charge in [0.05, 0.1) is 4.90 Å². The first kappa shape index (κ1) is 14.9. The molecule has 1 atom stereocenters. The molecule has 3 N–H and O–H groups in total. The average molecular weight is 333 g/mol. The van der Waals surface area contributed by atoms with Crippen LogP contribution in [0.3, 0.4) is 0 Å². The van der Waals surface area contributed by atoms with Crippen LogP contribution in [0.2, 0.25) is 0 Å². The number of amides is 1. The summed E-state index contributed by atoms with van der Waals surface area (Å²) in [5.74, 6) is -0.395. The number of carbonyl (C=O) groups excluding carboxylic acids is 1. The quantitative estimate of drug-likeness (QED) is 0.816. The molecule has 1 aromatic carbocycles. The van der Waals surface area contributed by atoms with Crippen molar-refractivity contribution >= 4 is 31.9 Å². The van der Waals surface area contributed by atoms with Crippen molar-refractivity contribution in [1.29, 1.82) is 0 Å². The lowest BCUT2D eigenvalue weighted by molar-refractivity contribution is 0.0946. The second-order valence-corrected chi connectivity index (χ2v) is 6.20. The second-order valence-electron chi connectivity index (χ2n) is 3.72. The van der Waals surface area contributed by atoms with E-state index >= 15 is 0 Å². The highest BCUT2D eigenvalue weighted by molar-refractivity contribution is 9.10. The zero-order chi connectivity index (χ0) is 13.9. The zero-order valence-electron chi connectivity index (χ0n) is 9.68. The number of benzene rings is 1. The highest BCUT2D eigenvalue weighted by atomic mass is 79.9. The van der Waals surface area contributed by atoms with E-state index in [1.54, 1.807) is 13.0 Å². The first-order valence-corrected chi connectivity index (χ1v) is 7.35. The van der Waals surface area contributed by atoms with Gasteiger partial charge < -0.3 is 5.32 Å². The molecule has 1 aromatic rings. The predicted octanol–water partition coefficient (Wildman–Crippen LogP) is 1.40. The summed E-state index contributed by atoms with van der Waals surface area (Å²) in [6, 6.07) is 3.86. The fourth-order valence-corrected chi connectivity index (χ4v) is 2.43. The van der Waals surface area contributed by atoms with Gasteiger partial charge in [0.1, 0.15) is 0 Å². The summed E-state index contributed by atoms with van der Waals surface area (Å²) in [4.78, 5) is 11.7. The van der Waals surface area contributed by atoms with Gasteiger partial charge in [-0.05, 0) is 25.1 Å². The summed E-state index contributed by atoms with van der Waals surface area (Å²) < 4.78 is 23.0. The lowest BCUT2D eigenvalue weighted by Gasteiger charge is -2.10. The Balaban J connectivity index is 3.15. The molecule has 5 nitrogen and oxygen atoms in total. The van der Waals surface area contributed by atoms with Crippen molar-refractivity contribution in [3.8, 4) is 0 Å². The van der Waals surface area contributed by atoms with Gasteiger partial charge in [-0.25, -0.2) is 13.6 Å². The summed E-state index contributed by atoms with van der Waals surface area (Å²) in [6.45, 7) is 5.30. The minimum atomic E-state index is -3.85. The SMILES string of the molecule is C=CC(C)NC(=O)c1cc(Br)cc(S(N)(=O)=O)c1. The zero-order valence-corrected chi connectivity index (χ0v) is 12.1. The third-order valence-electron chi connectivity index (χ3n) is 2.17. The van der Waals surface area contributed by atoms with Crippen molar-refractivity contribution in [2.75, 3.05) is 0 Å². The minimum Gasteiger partial charge on any atom is -0.346 e. The summed E-state index contributed by atoms with van der Waals surface area (Å²) >= 11 is 3.14. The maximum absolute atomic E-state index is 11.8. The van der Waals surface area contributed by atoms with Crippen LogP contribution < -0.4 is 10.5 Å². The van der Waals surface area contributed by atoms with Crippen LogP contribution in [-0.2, 0) is 10.0 Å². The number of nitrogens with one attached hydrogen (secondary N) is 1. The Kier molecular flexibility index (Phi) is 4.66. The Hall–Kier alpha value is -1.18. The van der Waals surface area contributed by atoms with Crippen molar-refractivity contribution in [2.24, 2.45) is 5.14 Å². The van der Waals surface area contributed by atoms with Gasteiger partial charge in [-0.2, -0.15) is 0 Å². The molecule has 0 aliphatic rings. The molecule has 0 aromatic heterocycles. The maximum Gasteiger partial charge on any atom is 0.251 e. The lowest BCUT2D eigenvalue weighted by Crippen LogP contribution is -2.31. The van der Waals surface area contributed by atoms with Crippen LogP contribution in [0.15, 0.2) is 40.2 Å². The van der Waals surface area contributed by atoms with Gasteiger partial charge in [0, 0.05) is 16.1 Å². The monoisotopic (exact) mass is 332 g/mol. The van der Waals surface area contributed by atoms with E-state index in [0.717, 1.165) is 0 Å². The lowest BCUT2D eigenvalue weighted by atomic mass is 10.2. The molecule has 18 heavy (non-hydrogen) atoms. The summed E-state index contributed by atoms with van der Waals surface area (Å²) in [6.07, 6.45) is 1.57. The van der Waals surface area contributed by atoms with E-state index in [9.17, 15) is 13.2 Å². The highest BCUT2D eigenvalue weighted by Gasteiger charge is 2.14. The minimum absolute atomic E-state index is 0.117. The largest absolute Gasteiger partial charge is 0.346 e. The summed E-state index contributed by atoms with van der Waals surface area (Å²) in [5.41, 5.74) is 0.210. The van der Waals surface area contributed by atoms with Gasteiger partial charge in [-0.1, -0.05) is 22.0 Å². The number of hydrogen-bond donors (Lipinski definition) is 2. The highest BCUT2D eigenvalue weighted by Crippen LogP contribution is 2.18. The first-order chi connectivity index (χ1) is 8.24. The van der Waals surface area contributed by atoms with Gasteiger partial charge >= 0.3 is 0 Å². The molecule has 7 heteroatoms. The predicted molar refractivity (Wildman–Crippen MR) is 72.6 cm³/mol. The molecule has 0 aliphatic carbocycles. The second kappa shape index (κ2) is 5.64. The number of hydrogen-bond acceptors (Lipinski definition) is 3. The van der Waals surface area contributed by atoms with Gasteiger partial charge in [-0.15, -0.1) is 6.58 Å². The Labute approximate surface area is 114 Å². The number of nitrogens with two attached hydrogens (primary N) is 1. The Morgan fingerprint density at radius 2 is 2.11 bits per heavy atom. The Morgan fingerprint density at radius 3 is 2.61 bits per heavy atom. The van der Waals surface area contributed by atoms with Crippen LogP contribution in [0.25, 0.3) is 0 Å². The molecule has 98 valence electrons. The molecule has 0 aliphatic heterocycles.